The lowest BCUT2D eigenvalue weighted by atomic mass is 9.93. The molecule has 1 saturated heterocycles. The lowest BCUT2D eigenvalue weighted by Crippen LogP contribution is -2.44. The summed E-state index contributed by atoms with van der Waals surface area (Å²) in [5.74, 6) is 0.693. The summed E-state index contributed by atoms with van der Waals surface area (Å²) in [5.41, 5.74) is 0.974. The number of carbonyl (C=O) groups excluding carboxylic acids is 1. The number of halogens is 2. The normalized spacial score (nSPS) is 16.8. The number of hydrogen-bond acceptors (Lipinski definition) is 3. The SMILES string of the molecule is CCN(C(=O)CN1CCC(CCNC)CC1)C(C)c1ccc(F)cc1.Cl. The number of piperidine rings is 1. The third kappa shape index (κ3) is 6.53. The van der Waals surface area contributed by atoms with Gasteiger partial charge in [0.1, 0.15) is 5.82 Å². The second-order valence-electron chi connectivity index (χ2n) is 7.02. The average molecular weight is 386 g/mol. The number of carbonyl (C=O) groups is 1. The molecule has 1 heterocycles. The van der Waals surface area contributed by atoms with Gasteiger partial charge in [-0.25, -0.2) is 4.39 Å². The maximum absolute atomic E-state index is 13.1. The van der Waals surface area contributed by atoms with Crippen LogP contribution in [0.25, 0.3) is 0 Å². The van der Waals surface area contributed by atoms with Crippen molar-refractivity contribution < 1.29 is 9.18 Å². The largest absolute Gasteiger partial charge is 0.335 e. The van der Waals surface area contributed by atoms with Gasteiger partial charge in [0.2, 0.25) is 5.91 Å². The van der Waals surface area contributed by atoms with Crippen molar-refractivity contribution in [2.24, 2.45) is 5.92 Å². The number of rotatable bonds is 8. The molecule has 0 bridgehead atoms. The molecule has 0 spiro atoms. The van der Waals surface area contributed by atoms with E-state index in [4.69, 9.17) is 0 Å². The molecule has 1 unspecified atom stereocenters. The van der Waals surface area contributed by atoms with Gasteiger partial charge in [-0.3, -0.25) is 9.69 Å². The van der Waals surface area contributed by atoms with Crippen LogP contribution in [-0.4, -0.2) is 55.5 Å². The number of nitrogens with zero attached hydrogens (tertiary/aromatic N) is 2. The molecular weight excluding hydrogens is 353 g/mol. The summed E-state index contributed by atoms with van der Waals surface area (Å²) in [7, 11) is 2.00. The maximum Gasteiger partial charge on any atom is 0.237 e. The zero-order valence-electron chi connectivity index (χ0n) is 16.2. The Morgan fingerprint density at radius 1 is 1.31 bits per heavy atom. The van der Waals surface area contributed by atoms with Crippen LogP contribution in [0.5, 0.6) is 0 Å². The second kappa shape index (κ2) is 11.5. The molecule has 0 aromatic heterocycles. The van der Waals surface area contributed by atoms with Crippen LogP contribution < -0.4 is 5.32 Å². The first kappa shape index (κ1) is 22.9. The zero-order valence-corrected chi connectivity index (χ0v) is 17.0. The molecule has 1 aliphatic heterocycles. The van der Waals surface area contributed by atoms with E-state index in [9.17, 15) is 9.18 Å². The third-order valence-electron chi connectivity index (χ3n) is 5.35. The highest BCUT2D eigenvalue weighted by atomic mass is 35.5. The molecule has 1 aromatic rings. The minimum atomic E-state index is -0.244. The van der Waals surface area contributed by atoms with Crippen molar-refractivity contribution in [2.45, 2.75) is 39.2 Å². The third-order valence-corrected chi connectivity index (χ3v) is 5.35. The summed E-state index contributed by atoms with van der Waals surface area (Å²) in [5, 5.41) is 3.21. The van der Waals surface area contributed by atoms with Crippen molar-refractivity contribution in [1.82, 2.24) is 15.1 Å². The molecule has 6 heteroatoms. The van der Waals surface area contributed by atoms with E-state index < -0.39 is 0 Å². The van der Waals surface area contributed by atoms with Crippen LogP contribution in [0.4, 0.5) is 4.39 Å². The Bertz CT molecular complexity index is 532. The van der Waals surface area contributed by atoms with Gasteiger partial charge < -0.3 is 10.2 Å². The van der Waals surface area contributed by atoms with Crippen molar-refractivity contribution in [3.8, 4) is 0 Å². The van der Waals surface area contributed by atoms with Crippen LogP contribution in [0.15, 0.2) is 24.3 Å². The fourth-order valence-corrected chi connectivity index (χ4v) is 3.65. The highest BCUT2D eigenvalue weighted by molar-refractivity contribution is 5.85. The molecule has 0 saturated carbocycles. The van der Waals surface area contributed by atoms with Crippen LogP contribution in [0.1, 0.15) is 44.7 Å². The zero-order chi connectivity index (χ0) is 18.2. The molecule has 1 amide bonds. The van der Waals surface area contributed by atoms with Crippen molar-refractivity contribution in [3.63, 3.8) is 0 Å². The van der Waals surface area contributed by atoms with Crippen LogP contribution >= 0.6 is 12.4 Å². The molecule has 4 nitrogen and oxygen atoms in total. The smallest absolute Gasteiger partial charge is 0.237 e. The second-order valence-corrected chi connectivity index (χ2v) is 7.02. The number of likely N-dealkylation sites (N-methyl/N-ethyl adjacent to an activating group) is 1. The van der Waals surface area contributed by atoms with Gasteiger partial charge in [0.15, 0.2) is 0 Å². The first-order valence-corrected chi connectivity index (χ1v) is 9.47. The molecule has 1 atom stereocenters. The fourth-order valence-electron chi connectivity index (χ4n) is 3.65. The van der Waals surface area contributed by atoms with E-state index in [1.54, 1.807) is 12.1 Å². The number of hydrogen-bond donors (Lipinski definition) is 1. The molecule has 1 aromatic carbocycles. The first-order chi connectivity index (χ1) is 12.0. The summed E-state index contributed by atoms with van der Waals surface area (Å²) in [6.07, 6.45) is 3.57. The van der Waals surface area contributed by atoms with E-state index in [0.29, 0.717) is 13.1 Å². The Morgan fingerprint density at radius 3 is 2.46 bits per heavy atom. The van der Waals surface area contributed by atoms with E-state index in [1.807, 2.05) is 25.8 Å². The summed E-state index contributed by atoms with van der Waals surface area (Å²) >= 11 is 0. The van der Waals surface area contributed by atoms with Crippen LogP contribution in [0, 0.1) is 11.7 Å². The minimum Gasteiger partial charge on any atom is -0.335 e. The van der Waals surface area contributed by atoms with Crippen molar-refractivity contribution in [2.75, 3.05) is 39.8 Å². The van der Waals surface area contributed by atoms with E-state index in [-0.39, 0.29) is 30.2 Å². The van der Waals surface area contributed by atoms with Gasteiger partial charge in [0.05, 0.1) is 12.6 Å². The van der Waals surface area contributed by atoms with Gasteiger partial charge in [0.25, 0.3) is 0 Å². The lowest BCUT2D eigenvalue weighted by Gasteiger charge is -2.34. The monoisotopic (exact) mass is 385 g/mol. The Balaban J connectivity index is 0.00000338. The predicted molar refractivity (Wildman–Crippen MR) is 107 cm³/mol. The van der Waals surface area contributed by atoms with E-state index in [1.165, 1.54) is 31.4 Å². The molecular formula is C20H33ClFN3O. The molecule has 148 valence electrons. The number of amides is 1. The van der Waals surface area contributed by atoms with E-state index in [2.05, 4.69) is 10.2 Å². The maximum atomic E-state index is 13.1. The van der Waals surface area contributed by atoms with Crippen molar-refractivity contribution in [3.05, 3.63) is 35.6 Å². The van der Waals surface area contributed by atoms with Gasteiger partial charge in [-0.2, -0.15) is 0 Å². The van der Waals surface area contributed by atoms with Gasteiger partial charge >= 0.3 is 0 Å². The van der Waals surface area contributed by atoms with Crippen LogP contribution in [0.3, 0.4) is 0 Å². The topological polar surface area (TPSA) is 35.6 Å². The fraction of sp³-hybridized carbons (Fsp3) is 0.650. The van der Waals surface area contributed by atoms with Gasteiger partial charge in [-0.05, 0) is 83.4 Å². The Kier molecular flexibility index (Phi) is 10.1. The van der Waals surface area contributed by atoms with E-state index >= 15 is 0 Å². The number of nitrogens with one attached hydrogen (secondary N) is 1. The highest BCUT2D eigenvalue weighted by Crippen LogP contribution is 2.23. The highest BCUT2D eigenvalue weighted by Gasteiger charge is 2.25. The molecule has 1 fully saturated rings. The van der Waals surface area contributed by atoms with Crippen LogP contribution in [-0.2, 0) is 4.79 Å². The van der Waals surface area contributed by atoms with Gasteiger partial charge in [0, 0.05) is 6.54 Å². The summed E-state index contributed by atoms with van der Waals surface area (Å²) < 4.78 is 13.1. The molecule has 2 rings (SSSR count). The quantitative estimate of drug-likeness (QED) is 0.744. The summed E-state index contributed by atoms with van der Waals surface area (Å²) in [6.45, 7) is 8.24. The lowest BCUT2D eigenvalue weighted by molar-refractivity contribution is -0.134. The molecule has 0 radical (unpaired) electrons. The molecule has 1 aliphatic rings. The molecule has 26 heavy (non-hydrogen) atoms. The number of likely N-dealkylation sites (tertiary alicyclic amines) is 1. The summed E-state index contributed by atoms with van der Waals surface area (Å²) in [6, 6.07) is 6.42. The summed E-state index contributed by atoms with van der Waals surface area (Å²) in [4.78, 5) is 16.9. The average Bonchev–Trinajstić information content (AvgIpc) is 2.62. The van der Waals surface area contributed by atoms with E-state index in [0.717, 1.165) is 31.1 Å². The van der Waals surface area contributed by atoms with Gasteiger partial charge in [-0.15, -0.1) is 12.4 Å². The first-order valence-electron chi connectivity index (χ1n) is 9.47. The Hall–Kier alpha value is -1.17. The van der Waals surface area contributed by atoms with Crippen molar-refractivity contribution in [1.29, 1.82) is 0 Å². The Morgan fingerprint density at radius 2 is 1.92 bits per heavy atom. The minimum absolute atomic E-state index is 0. The molecule has 1 N–H and O–H groups in total. The predicted octanol–water partition coefficient (Wildman–Crippen LogP) is 3.48. The van der Waals surface area contributed by atoms with Crippen molar-refractivity contribution >= 4 is 18.3 Å². The molecule has 0 aliphatic carbocycles. The number of benzene rings is 1. The van der Waals surface area contributed by atoms with Gasteiger partial charge in [-0.1, -0.05) is 12.1 Å². The standard InChI is InChI=1S/C20H32FN3O.ClH/c1-4-24(16(2)18-5-7-19(21)8-6-18)20(25)15-23-13-10-17(11-14-23)9-12-22-3;/h5-8,16-17,22H,4,9-15H2,1-3H3;1H. The van der Waals surface area contributed by atoms with Crippen LogP contribution in [0.2, 0.25) is 0 Å². The Labute approximate surface area is 163 Å².